The summed E-state index contributed by atoms with van der Waals surface area (Å²) in [5.41, 5.74) is 12.3. The van der Waals surface area contributed by atoms with Crippen LogP contribution in [-0.2, 0) is 0 Å². The summed E-state index contributed by atoms with van der Waals surface area (Å²) < 4.78 is 0. The molecule has 0 atom stereocenters. The lowest BCUT2D eigenvalue weighted by atomic mass is 9.85. The number of aromatic nitrogens is 3. The first-order valence-corrected chi connectivity index (χ1v) is 18.9. The van der Waals surface area contributed by atoms with Gasteiger partial charge in [-0.3, -0.25) is 0 Å². The second kappa shape index (κ2) is 14.4. The summed E-state index contributed by atoms with van der Waals surface area (Å²) in [4.78, 5) is 15.6. The molecule has 56 heavy (non-hydrogen) atoms. The summed E-state index contributed by atoms with van der Waals surface area (Å²) in [6.07, 6.45) is 0. The molecule has 10 aromatic rings. The van der Waals surface area contributed by atoms with Crippen LogP contribution >= 0.6 is 0 Å². The third-order valence-corrected chi connectivity index (χ3v) is 10.6. The Morgan fingerprint density at radius 3 is 0.982 bits per heavy atom. The number of nitrogens with zero attached hydrogens (tertiary/aromatic N) is 3. The highest BCUT2D eigenvalue weighted by Gasteiger charge is 2.22. The zero-order valence-corrected chi connectivity index (χ0v) is 30.5. The van der Waals surface area contributed by atoms with Crippen molar-refractivity contribution in [3.63, 3.8) is 0 Å². The average molecular weight is 714 g/mol. The number of hydrogen-bond acceptors (Lipinski definition) is 3. The Bertz CT molecular complexity index is 2920. The van der Waals surface area contributed by atoms with E-state index in [4.69, 9.17) is 15.0 Å². The van der Waals surface area contributed by atoms with E-state index in [1.54, 1.807) is 0 Å². The van der Waals surface area contributed by atoms with E-state index in [9.17, 15) is 0 Å². The Morgan fingerprint density at radius 1 is 0.196 bits per heavy atom. The van der Waals surface area contributed by atoms with E-state index in [0.29, 0.717) is 17.5 Å². The standard InChI is InChI=1S/C53H35N3/c1-4-16-36(17-5-1)38-28-32-40(33-29-38)43-22-10-11-23-44(43)49-45-24-12-14-26-47(45)50(48-27-15-13-25-46(48)49)53-55-51(41-20-8-3-9-21-41)54-52(56-53)42-34-30-39(31-35-42)37-18-6-2-7-19-37/h1-35H. The first kappa shape index (κ1) is 33.1. The molecule has 3 heteroatoms. The summed E-state index contributed by atoms with van der Waals surface area (Å²) >= 11 is 0. The predicted molar refractivity (Wildman–Crippen MR) is 233 cm³/mol. The molecular weight excluding hydrogens is 679 g/mol. The van der Waals surface area contributed by atoms with Crippen molar-refractivity contribution in [3.8, 4) is 78.7 Å². The fourth-order valence-corrected chi connectivity index (χ4v) is 7.86. The molecule has 0 saturated carbocycles. The molecule has 0 bridgehead atoms. The molecule has 262 valence electrons. The highest BCUT2D eigenvalue weighted by atomic mass is 15.0. The van der Waals surface area contributed by atoms with Crippen molar-refractivity contribution in [3.05, 3.63) is 212 Å². The normalized spacial score (nSPS) is 11.2. The van der Waals surface area contributed by atoms with E-state index in [1.807, 2.05) is 24.3 Å². The number of fused-ring (bicyclic) bond motifs is 2. The first-order chi connectivity index (χ1) is 27.8. The van der Waals surface area contributed by atoms with Gasteiger partial charge in [0.2, 0.25) is 0 Å². The number of hydrogen-bond donors (Lipinski definition) is 0. The van der Waals surface area contributed by atoms with Crippen LogP contribution in [0.25, 0.3) is 100 Å². The predicted octanol–water partition coefficient (Wildman–Crippen LogP) is 13.8. The molecule has 10 rings (SSSR count). The molecule has 0 amide bonds. The Balaban J connectivity index is 1.17. The van der Waals surface area contributed by atoms with Crippen molar-refractivity contribution in [2.24, 2.45) is 0 Å². The third-order valence-electron chi connectivity index (χ3n) is 10.6. The summed E-state index contributed by atoms with van der Waals surface area (Å²) in [6, 6.07) is 74.7. The fraction of sp³-hybridized carbons (Fsp3) is 0. The lowest BCUT2D eigenvalue weighted by Gasteiger charge is -2.19. The molecule has 3 nitrogen and oxygen atoms in total. The molecule has 0 saturated heterocycles. The SMILES string of the molecule is c1ccc(-c2ccc(-c3nc(-c4ccccc4)nc(-c4c5ccccc5c(-c5ccccc5-c5ccc(-c6ccccc6)cc5)c5ccccc45)n3)cc2)cc1. The Hall–Kier alpha value is -7.49. The van der Waals surface area contributed by atoms with Crippen LogP contribution in [0.5, 0.6) is 0 Å². The van der Waals surface area contributed by atoms with Crippen LogP contribution in [0.3, 0.4) is 0 Å². The van der Waals surface area contributed by atoms with Gasteiger partial charge < -0.3 is 0 Å². The fourth-order valence-electron chi connectivity index (χ4n) is 7.86. The van der Waals surface area contributed by atoms with Crippen molar-refractivity contribution in [2.75, 3.05) is 0 Å². The highest BCUT2D eigenvalue weighted by Crippen LogP contribution is 2.46. The van der Waals surface area contributed by atoms with Gasteiger partial charge in [0.05, 0.1) is 0 Å². The molecule has 0 N–H and O–H groups in total. The molecule has 0 aliphatic carbocycles. The molecule has 1 aromatic heterocycles. The Labute approximate surface area is 326 Å². The minimum atomic E-state index is 0.634. The summed E-state index contributed by atoms with van der Waals surface area (Å²) in [5, 5.41) is 4.46. The third kappa shape index (κ3) is 6.12. The molecule has 0 unspecified atom stereocenters. The Kier molecular flexibility index (Phi) is 8.51. The molecule has 9 aromatic carbocycles. The van der Waals surface area contributed by atoms with Crippen LogP contribution in [0.15, 0.2) is 212 Å². The van der Waals surface area contributed by atoms with Crippen LogP contribution < -0.4 is 0 Å². The van der Waals surface area contributed by atoms with Crippen molar-refractivity contribution in [2.45, 2.75) is 0 Å². The molecular formula is C53H35N3. The van der Waals surface area contributed by atoms with Gasteiger partial charge in [0, 0.05) is 16.7 Å². The molecule has 0 aliphatic rings. The Morgan fingerprint density at radius 2 is 0.500 bits per heavy atom. The van der Waals surface area contributed by atoms with Gasteiger partial charge in [-0.2, -0.15) is 0 Å². The van der Waals surface area contributed by atoms with E-state index in [0.717, 1.165) is 43.8 Å². The largest absolute Gasteiger partial charge is 0.208 e. The van der Waals surface area contributed by atoms with Gasteiger partial charge in [0.25, 0.3) is 0 Å². The van der Waals surface area contributed by atoms with Crippen molar-refractivity contribution in [1.29, 1.82) is 0 Å². The average Bonchev–Trinajstić information content (AvgIpc) is 3.29. The zero-order chi connectivity index (χ0) is 37.3. The molecule has 0 fully saturated rings. The number of rotatable bonds is 7. The van der Waals surface area contributed by atoms with Gasteiger partial charge >= 0.3 is 0 Å². The quantitative estimate of drug-likeness (QED) is 0.154. The molecule has 0 spiro atoms. The second-order valence-electron chi connectivity index (χ2n) is 13.9. The maximum Gasteiger partial charge on any atom is 0.165 e. The molecule has 0 aliphatic heterocycles. The second-order valence-corrected chi connectivity index (χ2v) is 13.9. The van der Waals surface area contributed by atoms with E-state index >= 15 is 0 Å². The lowest BCUT2D eigenvalue weighted by molar-refractivity contribution is 1.08. The lowest BCUT2D eigenvalue weighted by Crippen LogP contribution is -2.01. The van der Waals surface area contributed by atoms with Crippen LogP contribution in [-0.4, -0.2) is 15.0 Å². The minimum Gasteiger partial charge on any atom is -0.208 e. The summed E-state index contributed by atoms with van der Waals surface area (Å²) in [5.74, 6) is 1.92. The van der Waals surface area contributed by atoms with Gasteiger partial charge in [-0.05, 0) is 66.1 Å². The van der Waals surface area contributed by atoms with Crippen molar-refractivity contribution >= 4 is 21.5 Å². The van der Waals surface area contributed by atoms with Gasteiger partial charge in [-0.15, -0.1) is 0 Å². The molecule has 0 radical (unpaired) electrons. The van der Waals surface area contributed by atoms with Gasteiger partial charge in [0.1, 0.15) is 0 Å². The van der Waals surface area contributed by atoms with Crippen molar-refractivity contribution in [1.82, 2.24) is 15.0 Å². The van der Waals surface area contributed by atoms with Crippen LogP contribution in [0.1, 0.15) is 0 Å². The van der Waals surface area contributed by atoms with E-state index in [2.05, 4.69) is 188 Å². The number of benzene rings is 9. The van der Waals surface area contributed by atoms with E-state index in [-0.39, 0.29) is 0 Å². The van der Waals surface area contributed by atoms with Gasteiger partial charge in [0.15, 0.2) is 17.5 Å². The van der Waals surface area contributed by atoms with Crippen molar-refractivity contribution < 1.29 is 0 Å². The topological polar surface area (TPSA) is 38.7 Å². The van der Waals surface area contributed by atoms with Crippen LogP contribution in [0.4, 0.5) is 0 Å². The highest BCUT2D eigenvalue weighted by molar-refractivity contribution is 6.22. The van der Waals surface area contributed by atoms with Gasteiger partial charge in [-0.1, -0.05) is 212 Å². The monoisotopic (exact) mass is 713 g/mol. The van der Waals surface area contributed by atoms with E-state index in [1.165, 1.54) is 38.9 Å². The zero-order valence-electron chi connectivity index (χ0n) is 30.5. The van der Waals surface area contributed by atoms with Crippen LogP contribution in [0, 0.1) is 0 Å². The molecule has 1 heterocycles. The maximum atomic E-state index is 5.28. The summed E-state index contributed by atoms with van der Waals surface area (Å²) in [7, 11) is 0. The first-order valence-electron chi connectivity index (χ1n) is 18.9. The minimum absolute atomic E-state index is 0.634. The smallest absolute Gasteiger partial charge is 0.165 e. The van der Waals surface area contributed by atoms with Crippen LogP contribution in [0.2, 0.25) is 0 Å². The summed E-state index contributed by atoms with van der Waals surface area (Å²) in [6.45, 7) is 0. The van der Waals surface area contributed by atoms with E-state index < -0.39 is 0 Å². The maximum absolute atomic E-state index is 5.28. The van der Waals surface area contributed by atoms with Gasteiger partial charge in [-0.25, -0.2) is 15.0 Å².